The number of rotatable bonds is 5. The van der Waals surface area contributed by atoms with E-state index in [2.05, 4.69) is 0 Å². The standard InChI is InChI=1S/C22H24FN3O4S2/c1-16(27)24-9-11-25(12-10-24)21(20-3-2-13-31-20)22(28)26(18-6-4-17(23)5-7-18)19-8-14-32(29,30)15-19/h2-8,13-14,19,21H,9-12,15H2,1H3. The first-order valence-corrected chi connectivity index (χ1v) is 12.9. The molecule has 4 rings (SSSR count). The van der Waals surface area contributed by atoms with Gasteiger partial charge < -0.3 is 9.80 Å². The van der Waals surface area contributed by atoms with Crippen LogP contribution in [0.5, 0.6) is 0 Å². The Balaban J connectivity index is 1.69. The zero-order chi connectivity index (χ0) is 22.9. The third-order valence-electron chi connectivity index (χ3n) is 5.76. The first-order valence-electron chi connectivity index (χ1n) is 10.3. The van der Waals surface area contributed by atoms with Crippen LogP contribution in [0.25, 0.3) is 0 Å². The van der Waals surface area contributed by atoms with Gasteiger partial charge in [-0.25, -0.2) is 12.8 Å². The summed E-state index contributed by atoms with van der Waals surface area (Å²) < 4.78 is 37.8. The van der Waals surface area contributed by atoms with Gasteiger partial charge in [-0.3, -0.25) is 14.5 Å². The number of nitrogens with zero attached hydrogens (tertiary/aromatic N) is 3. The second-order valence-electron chi connectivity index (χ2n) is 7.87. The SMILES string of the molecule is CC(=O)N1CCN(C(C(=O)N(c2ccc(F)cc2)C2C=CS(=O)(=O)C2)c2cccs2)CC1. The molecule has 0 aliphatic carbocycles. The molecular formula is C22H24FN3O4S2. The topological polar surface area (TPSA) is 78.0 Å². The van der Waals surface area contributed by atoms with Crippen LogP contribution in [0.4, 0.5) is 10.1 Å². The molecule has 2 amide bonds. The van der Waals surface area contributed by atoms with E-state index in [1.807, 2.05) is 22.4 Å². The van der Waals surface area contributed by atoms with E-state index in [-0.39, 0.29) is 17.6 Å². The molecule has 2 aliphatic heterocycles. The van der Waals surface area contributed by atoms with E-state index in [1.165, 1.54) is 53.5 Å². The molecule has 170 valence electrons. The molecule has 2 unspecified atom stereocenters. The first-order chi connectivity index (χ1) is 15.2. The zero-order valence-corrected chi connectivity index (χ0v) is 19.2. The number of hydrogen-bond donors (Lipinski definition) is 0. The maximum Gasteiger partial charge on any atom is 0.250 e. The summed E-state index contributed by atoms with van der Waals surface area (Å²) in [6.07, 6.45) is 1.51. The van der Waals surface area contributed by atoms with Crippen LogP contribution in [-0.2, 0) is 19.4 Å². The molecule has 0 bridgehead atoms. The largest absolute Gasteiger partial charge is 0.340 e. The average Bonchev–Trinajstić information content (AvgIpc) is 3.40. The minimum Gasteiger partial charge on any atom is -0.340 e. The molecule has 2 aromatic rings. The van der Waals surface area contributed by atoms with Crippen molar-refractivity contribution in [3.05, 3.63) is 64.0 Å². The van der Waals surface area contributed by atoms with E-state index in [4.69, 9.17) is 0 Å². The Labute approximate surface area is 190 Å². The fourth-order valence-electron chi connectivity index (χ4n) is 4.14. The highest BCUT2D eigenvalue weighted by atomic mass is 32.2. The van der Waals surface area contributed by atoms with Crippen molar-refractivity contribution >= 4 is 38.7 Å². The normalized spacial score (nSPS) is 21.4. The van der Waals surface area contributed by atoms with Gasteiger partial charge in [0.25, 0.3) is 0 Å². The van der Waals surface area contributed by atoms with Gasteiger partial charge in [-0.2, -0.15) is 0 Å². The first kappa shape index (κ1) is 22.6. The lowest BCUT2D eigenvalue weighted by molar-refractivity contribution is -0.132. The van der Waals surface area contributed by atoms with Crippen molar-refractivity contribution in [1.29, 1.82) is 0 Å². The van der Waals surface area contributed by atoms with E-state index in [0.29, 0.717) is 31.9 Å². The van der Waals surface area contributed by atoms with E-state index >= 15 is 0 Å². The number of sulfone groups is 1. The van der Waals surface area contributed by atoms with Crippen LogP contribution in [0.15, 0.2) is 53.3 Å². The van der Waals surface area contributed by atoms with E-state index < -0.39 is 27.7 Å². The third-order valence-corrected chi connectivity index (χ3v) is 8.06. The van der Waals surface area contributed by atoms with Crippen LogP contribution in [0.2, 0.25) is 0 Å². The Morgan fingerprint density at radius 3 is 2.34 bits per heavy atom. The fourth-order valence-corrected chi connectivity index (χ4v) is 6.25. The minimum absolute atomic E-state index is 0.00196. The predicted molar refractivity (Wildman–Crippen MR) is 121 cm³/mol. The number of amides is 2. The zero-order valence-electron chi connectivity index (χ0n) is 17.6. The number of piperazine rings is 1. The van der Waals surface area contributed by atoms with Crippen LogP contribution >= 0.6 is 11.3 Å². The molecule has 7 nitrogen and oxygen atoms in total. The second kappa shape index (κ2) is 9.13. The van der Waals surface area contributed by atoms with Gasteiger partial charge in [0.1, 0.15) is 11.9 Å². The van der Waals surface area contributed by atoms with Crippen LogP contribution in [-0.4, -0.2) is 68.0 Å². The Hall–Kier alpha value is -2.56. The maximum atomic E-state index is 14.0. The van der Waals surface area contributed by atoms with E-state index in [9.17, 15) is 22.4 Å². The lowest BCUT2D eigenvalue weighted by Crippen LogP contribution is -2.54. The maximum absolute atomic E-state index is 14.0. The van der Waals surface area contributed by atoms with Crippen LogP contribution in [0.1, 0.15) is 17.8 Å². The average molecular weight is 478 g/mol. The summed E-state index contributed by atoms with van der Waals surface area (Å²) in [5.74, 6) is -0.934. The molecule has 1 aromatic heterocycles. The molecule has 10 heteroatoms. The van der Waals surface area contributed by atoms with Gasteiger partial charge in [-0.15, -0.1) is 11.3 Å². The van der Waals surface area contributed by atoms with Crippen LogP contribution in [0.3, 0.4) is 0 Å². The summed E-state index contributed by atoms with van der Waals surface area (Å²) in [4.78, 5) is 31.8. The van der Waals surface area contributed by atoms with Crippen LogP contribution in [0, 0.1) is 5.82 Å². The van der Waals surface area contributed by atoms with Gasteiger partial charge in [0.2, 0.25) is 11.8 Å². The lowest BCUT2D eigenvalue weighted by Gasteiger charge is -2.40. The van der Waals surface area contributed by atoms with Gasteiger partial charge in [0.15, 0.2) is 9.84 Å². The molecule has 0 spiro atoms. The van der Waals surface area contributed by atoms with Crippen molar-refractivity contribution in [2.24, 2.45) is 0 Å². The van der Waals surface area contributed by atoms with Gasteiger partial charge >= 0.3 is 0 Å². The molecule has 2 aliphatic rings. The molecule has 1 saturated heterocycles. The lowest BCUT2D eigenvalue weighted by atomic mass is 10.1. The van der Waals surface area contributed by atoms with Gasteiger partial charge in [0, 0.05) is 49.1 Å². The summed E-state index contributed by atoms with van der Waals surface area (Å²) in [6, 6.07) is 7.94. The molecule has 2 atom stereocenters. The van der Waals surface area contributed by atoms with Crippen molar-refractivity contribution in [2.75, 3.05) is 36.8 Å². The molecule has 3 heterocycles. The number of thiophene rings is 1. The molecule has 1 aromatic carbocycles. The monoisotopic (exact) mass is 477 g/mol. The van der Waals surface area contributed by atoms with Gasteiger partial charge in [0.05, 0.1) is 11.8 Å². The summed E-state index contributed by atoms with van der Waals surface area (Å²) in [5.41, 5.74) is 0.437. The van der Waals surface area contributed by atoms with Gasteiger partial charge in [-0.05, 0) is 41.8 Å². The Bertz CT molecular complexity index is 1110. The Kier molecular flexibility index (Phi) is 6.45. The summed E-state index contributed by atoms with van der Waals surface area (Å²) in [6.45, 7) is 3.59. The number of halogens is 1. The minimum atomic E-state index is -3.42. The van der Waals surface area contributed by atoms with Gasteiger partial charge in [-0.1, -0.05) is 6.07 Å². The van der Waals surface area contributed by atoms with E-state index in [1.54, 1.807) is 4.90 Å². The van der Waals surface area contributed by atoms with E-state index in [0.717, 1.165) is 10.3 Å². The van der Waals surface area contributed by atoms with Crippen molar-refractivity contribution in [1.82, 2.24) is 9.80 Å². The smallest absolute Gasteiger partial charge is 0.250 e. The highest BCUT2D eigenvalue weighted by Gasteiger charge is 2.39. The highest BCUT2D eigenvalue weighted by Crippen LogP contribution is 2.33. The number of carbonyl (C=O) groups excluding carboxylic acids is 2. The van der Waals surface area contributed by atoms with Crippen molar-refractivity contribution < 1.29 is 22.4 Å². The van der Waals surface area contributed by atoms with Crippen molar-refractivity contribution in [2.45, 2.75) is 19.0 Å². The summed E-state index contributed by atoms with van der Waals surface area (Å²) in [7, 11) is -3.42. The fraction of sp³-hybridized carbons (Fsp3) is 0.364. The highest BCUT2D eigenvalue weighted by molar-refractivity contribution is 7.94. The molecule has 32 heavy (non-hydrogen) atoms. The molecule has 0 radical (unpaired) electrons. The summed E-state index contributed by atoms with van der Waals surface area (Å²) in [5, 5.41) is 3.02. The second-order valence-corrected chi connectivity index (χ2v) is 10.8. The Morgan fingerprint density at radius 1 is 1.12 bits per heavy atom. The number of carbonyl (C=O) groups is 2. The number of hydrogen-bond acceptors (Lipinski definition) is 6. The number of benzene rings is 1. The van der Waals surface area contributed by atoms with Crippen molar-refractivity contribution in [3.8, 4) is 0 Å². The molecular weight excluding hydrogens is 453 g/mol. The van der Waals surface area contributed by atoms with Crippen LogP contribution < -0.4 is 4.90 Å². The number of anilines is 1. The predicted octanol–water partition coefficient (Wildman–Crippen LogP) is 2.44. The molecule has 1 fully saturated rings. The molecule has 0 saturated carbocycles. The molecule has 0 N–H and O–H groups in total. The third kappa shape index (κ3) is 4.77. The summed E-state index contributed by atoms with van der Waals surface area (Å²) >= 11 is 1.45. The van der Waals surface area contributed by atoms with Crippen molar-refractivity contribution in [3.63, 3.8) is 0 Å². The Morgan fingerprint density at radius 2 is 1.81 bits per heavy atom. The quantitative estimate of drug-likeness (QED) is 0.661.